The molecule has 1 heterocycles. The van der Waals surface area contributed by atoms with Gasteiger partial charge in [-0.05, 0) is 18.8 Å². The molecule has 1 aromatic heterocycles. The van der Waals surface area contributed by atoms with Crippen LogP contribution in [0.5, 0.6) is 0 Å². The van der Waals surface area contributed by atoms with E-state index in [-0.39, 0.29) is 27.7 Å². The van der Waals surface area contributed by atoms with Gasteiger partial charge in [-0.25, -0.2) is 18.4 Å². The van der Waals surface area contributed by atoms with Crippen LogP contribution in [-0.2, 0) is 10.0 Å². The van der Waals surface area contributed by atoms with Crippen LogP contribution in [0.4, 0.5) is 5.82 Å². The first-order chi connectivity index (χ1) is 7.48. The van der Waals surface area contributed by atoms with Crippen LogP contribution in [0.15, 0.2) is 6.33 Å². The Morgan fingerprint density at radius 1 is 1.38 bits per heavy atom. The average Bonchev–Trinajstić information content (AvgIpc) is 2.95. The van der Waals surface area contributed by atoms with Gasteiger partial charge in [-0.2, -0.15) is 0 Å². The Balaban J connectivity index is 2.16. The van der Waals surface area contributed by atoms with E-state index >= 15 is 0 Å². The fourth-order valence-corrected chi connectivity index (χ4v) is 3.02. The molecule has 2 rings (SSSR count). The number of halogens is 2. The molecule has 1 N–H and O–H groups in total. The molecule has 1 aliphatic carbocycles. The van der Waals surface area contributed by atoms with Crippen molar-refractivity contribution >= 4 is 39.0 Å². The summed E-state index contributed by atoms with van der Waals surface area (Å²) < 4.78 is 25.6. The normalized spacial score (nSPS) is 16.1. The number of aromatic nitrogens is 2. The molecular formula is C8H9Cl2N3O2S. The number of sulfonamides is 1. The van der Waals surface area contributed by atoms with E-state index in [9.17, 15) is 8.42 Å². The van der Waals surface area contributed by atoms with Gasteiger partial charge in [0.05, 0.1) is 5.75 Å². The lowest BCUT2D eigenvalue weighted by Crippen LogP contribution is -2.19. The maximum atomic E-state index is 11.6. The summed E-state index contributed by atoms with van der Waals surface area (Å²) in [6, 6.07) is 0. The van der Waals surface area contributed by atoms with Crippen LogP contribution >= 0.6 is 23.2 Å². The fraction of sp³-hybridized carbons (Fsp3) is 0.500. The molecule has 0 atom stereocenters. The molecule has 1 fully saturated rings. The molecule has 8 heteroatoms. The minimum absolute atomic E-state index is 0.0172. The zero-order valence-corrected chi connectivity index (χ0v) is 10.5. The molecule has 0 aliphatic heterocycles. The second kappa shape index (κ2) is 4.35. The van der Waals surface area contributed by atoms with Gasteiger partial charge in [0.1, 0.15) is 11.3 Å². The van der Waals surface area contributed by atoms with E-state index in [1.54, 1.807) is 0 Å². The van der Waals surface area contributed by atoms with Crippen LogP contribution in [0.2, 0.25) is 10.2 Å². The van der Waals surface area contributed by atoms with E-state index in [2.05, 4.69) is 14.7 Å². The van der Waals surface area contributed by atoms with Gasteiger partial charge < -0.3 is 0 Å². The van der Waals surface area contributed by atoms with Crippen molar-refractivity contribution in [3.63, 3.8) is 0 Å². The summed E-state index contributed by atoms with van der Waals surface area (Å²) in [5.74, 6) is 0.390. The SMILES string of the molecule is O=S(=O)(CC1CC1)Nc1ncnc(Cl)c1Cl. The maximum absolute atomic E-state index is 11.6. The van der Waals surface area contributed by atoms with E-state index in [4.69, 9.17) is 23.2 Å². The lowest BCUT2D eigenvalue weighted by molar-refractivity contribution is 0.597. The first kappa shape index (κ1) is 11.9. The van der Waals surface area contributed by atoms with E-state index in [1.807, 2.05) is 0 Å². The van der Waals surface area contributed by atoms with E-state index in [0.29, 0.717) is 0 Å². The van der Waals surface area contributed by atoms with Gasteiger partial charge in [-0.3, -0.25) is 4.72 Å². The van der Waals surface area contributed by atoms with E-state index in [1.165, 1.54) is 0 Å². The molecule has 5 nitrogen and oxygen atoms in total. The zero-order chi connectivity index (χ0) is 11.8. The molecule has 0 aromatic carbocycles. The van der Waals surface area contributed by atoms with Gasteiger partial charge in [0.2, 0.25) is 10.0 Å². The molecule has 16 heavy (non-hydrogen) atoms. The molecule has 88 valence electrons. The Morgan fingerprint density at radius 2 is 2.06 bits per heavy atom. The number of anilines is 1. The van der Waals surface area contributed by atoms with Crippen molar-refractivity contribution in [3.8, 4) is 0 Å². The monoisotopic (exact) mass is 281 g/mol. The molecule has 0 spiro atoms. The topological polar surface area (TPSA) is 72.0 Å². The van der Waals surface area contributed by atoms with Gasteiger partial charge in [-0.15, -0.1) is 0 Å². The van der Waals surface area contributed by atoms with Gasteiger partial charge in [0.25, 0.3) is 0 Å². The van der Waals surface area contributed by atoms with Crippen molar-refractivity contribution in [1.29, 1.82) is 0 Å². The number of rotatable bonds is 4. The fourth-order valence-electron chi connectivity index (χ4n) is 1.20. The van der Waals surface area contributed by atoms with Crippen LogP contribution in [0.25, 0.3) is 0 Å². The van der Waals surface area contributed by atoms with Gasteiger partial charge in [0.15, 0.2) is 11.0 Å². The van der Waals surface area contributed by atoms with Gasteiger partial charge >= 0.3 is 0 Å². The Kier molecular flexibility index (Phi) is 3.23. The van der Waals surface area contributed by atoms with Crippen LogP contribution in [0.3, 0.4) is 0 Å². The van der Waals surface area contributed by atoms with Crippen molar-refractivity contribution in [3.05, 3.63) is 16.5 Å². The second-order valence-electron chi connectivity index (χ2n) is 3.65. The standard InChI is InChI=1S/C8H9Cl2N3O2S/c9-6-7(10)11-4-12-8(6)13-16(14,15)3-5-1-2-5/h4-5H,1-3H2,(H,11,12,13). The van der Waals surface area contributed by atoms with Crippen molar-refractivity contribution in [2.75, 3.05) is 10.5 Å². The average molecular weight is 282 g/mol. The third kappa shape index (κ3) is 2.96. The Labute approximate surface area is 103 Å². The van der Waals surface area contributed by atoms with Gasteiger partial charge in [-0.1, -0.05) is 23.2 Å². The summed E-state index contributed by atoms with van der Waals surface area (Å²) in [5.41, 5.74) is 0. The molecule has 1 aliphatic rings. The number of nitrogens with one attached hydrogen (secondary N) is 1. The molecule has 1 aromatic rings. The summed E-state index contributed by atoms with van der Waals surface area (Å²) in [4.78, 5) is 7.36. The predicted octanol–water partition coefficient (Wildman–Crippen LogP) is 1.94. The Hall–Kier alpha value is -0.590. The van der Waals surface area contributed by atoms with Crippen LogP contribution in [0.1, 0.15) is 12.8 Å². The number of nitrogens with zero attached hydrogens (tertiary/aromatic N) is 2. The third-order valence-electron chi connectivity index (χ3n) is 2.15. The van der Waals surface area contributed by atoms with Crippen molar-refractivity contribution < 1.29 is 8.42 Å². The van der Waals surface area contributed by atoms with Crippen molar-refractivity contribution in [1.82, 2.24) is 9.97 Å². The lowest BCUT2D eigenvalue weighted by Gasteiger charge is -2.07. The van der Waals surface area contributed by atoms with E-state index in [0.717, 1.165) is 19.2 Å². The summed E-state index contributed by atoms with van der Waals surface area (Å²) in [6.07, 6.45) is 3.07. The highest BCUT2D eigenvalue weighted by atomic mass is 35.5. The van der Waals surface area contributed by atoms with Crippen molar-refractivity contribution in [2.45, 2.75) is 12.8 Å². The largest absolute Gasteiger partial charge is 0.266 e. The zero-order valence-electron chi connectivity index (χ0n) is 8.15. The molecule has 0 unspecified atom stereocenters. The van der Waals surface area contributed by atoms with Crippen LogP contribution < -0.4 is 4.72 Å². The van der Waals surface area contributed by atoms with Crippen molar-refractivity contribution in [2.24, 2.45) is 5.92 Å². The molecule has 0 saturated heterocycles. The first-order valence-electron chi connectivity index (χ1n) is 4.64. The molecule has 0 bridgehead atoms. The molecule has 1 saturated carbocycles. The number of hydrogen-bond donors (Lipinski definition) is 1. The molecule has 0 amide bonds. The molecule has 0 radical (unpaired) electrons. The summed E-state index contributed by atoms with van der Waals surface area (Å²) in [7, 11) is -3.39. The highest BCUT2D eigenvalue weighted by Crippen LogP contribution is 2.31. The van der Waals surface area contributed by atoms with Crippen LogP contribution in [0, 0.1) is 5.92 Å². The quantitative estimate of drug-likeness (QED) is 0.856. The summed E-state index contributed by atoms with van der Waals surface area (Å²) in [5, 5.41) is 0.0457. The minimum atomic E-state index is -3.39. The maximum Gasteiger partial charge on any atom is 0.234 e. The minimum Gasteiger partial charge on any atom is -0.266 e. The Morgan fingerprint density at radius 3 is 2.69 bits per heavy atom. The third-order valence-corrected chi connectivity index (χ3v) is 4.31. The first-order valence-corrected chi connectivity index (χ1v) is 7.05. The highest BCUT2D eigenvalue weighted by molar-refractivity contribution is 7.92. The lowest BCUT2D eigenvalue weighted by atomic mass is 10.5. The van der Waals surface area contributed by atoms with E-state index < -0.39 is 10.0 Å². The highest BCUT2D eigenvalue weighted by Gasteiger charge is 2.28. The molecular weight excluding hydrogens is 273 g/mol. The van der Waals surface area contributed by atoms with Crippen LogP contribution in [-0.4, -0.2) is 24.1 Å². The Bertz CT molecular complexity index is 502. The second-order valence-corrected chi connectivity index (χ2v) is 6.16. The smallest absolute Gasteiger partial charge is 0.234 e. The predicted molar refractivity (Wildman–Crippen MR) is 62.2 cm³/mol. The number of hydrogen-bond acceptors (Lipinski definition) is 4. The summed E-state index contributed by atoms with van der Waals surface area (Å²) >= 11 is 11.4. The van der Waals surface area contributed by atoms with Gasteiger partial charge in [0, 0.05) is 0 Å². The summed E-state index contributed by atoms with van der Waals surface area (Å²) in [6.45, 7) is 0.